The molecule has 0 bridgehead atoms. The van der Waals surface area contributed by atoms with E-state index in [1.165, 1.54) is 0 Å². The maximum atomic E-state index is 10.2. The van der Waals surface area contributed by atoms with E-state index in [4.69, 9.17) is 0 Å². The van der Waals surface area contributed by atoms with Crippen molar-refractivity contribution in [3.63, 3.8) is 0 Å². The molecule has 13 heavy (non-hydrogen) atoms. The average Bonchev–Trinajstić information content (AvgIpc) is 2.86. The lowest BCUT2D eigenvalue weighted by molar-refractivity contribution is 0.0329. The van der Waals surface area contributed by atoms with Crippen molar-refractivity contribution >= 4 is 0 Å². The molecule has 0 aliphatic heterocycles. The van der Waals surface area contributed by atoms with Gasteiger partial charge in [-0.3, -0.25) is 4.98 Å². The van der Waals surface area contributed by atoms with E-state index in [1.54, 1.807) is 6.20 Å². The van der Waals surface area contributed by atoms with Gasteiger partial charge in [0.1, 0.15) is 0 Å². The molecule has 1 aromatic heterocycles. The zero-order chi connectivity index (χ0) is 9.47. The molecular weight excluding hydrogens is 162 g/mol. The van der Waals surface area contributed by atoms with E-state index < -0.39 is 5.60 Å². The molecule has 0 aromatic carbocycles. The molecule has 1 N–H and O–H groups in total. The van der Waals surface area contributed by atoms with E-state index in [0.717, 1.165) is 24.1 Å². The number of aromatic nitrogens is 1. The molecule has 0 spiro atoms. The quantitative estimate of drug-likeness (QED) is 0.749. The van der Waals surface area contributed by atoms with Gasteiger partial charge in [-0.1, -0.05) is 0 Å². The average molecular weight is 177 g/mol. The molecule has 0 unspecified atom stereocenters. The van der Waals surface area contributed by atoms with Crippen LogP contribution < -0.4 is 0 Å². The number of hydrogen-bond acceptors (Lipinski definition) is 2. The van der Waals surface area contributed by atoms with Gasteiger partial charge >= 0.3 is 0 Å². The second kappa shape index (κ2) is 2.81. The van der Waals surface area contributed by atoms with Gasteiger partial charge in [-0.15, -0.1) is 0 Å². The van der Waals surface area contributed by atoms with Crippen LogP contribution in [0.2, 0.25) is 0 Å². The van der Waals surface area contributed by atoms with Crippen LogP contribution in [0.4, 0.5) is 0 Å². The van der Waals surface area contributed by atoms with Crippen LogP contribution in [0.3, 0.4) is 0 Å². The van der Waals surface area contributed by atoms with Crippen molar-refractivity contribution in [3.8, 4) is 0 Å². The highest BCUT2D eigenvalue weighted by atomic mass is 16.3. The summed E-state index contributed by atoms with van der Waals surface area (Å²) < 4.78 is 0. The maximum Gasteiger partial charge on any atom is 0.0897 e. The Bertz CT molecular complexity index is 316. The molecule has 0 amide bonds. The van der Waals surface area contributed by atoms with Gasteiger partial charge in [-0.2, -0.15) is 0 Å². The van der Waals surface area contributed by atoms with Crippen molar-refractivity contribution in [1.82, 2.24) is 4.98 Å². The van der Waals surface area contributed by atoms with Crippen LogP contribution in [0.1, 0.15) is 31.0 Å². The topological polar surface area (TPSA) is 33.1 Å². The summed E-state index contributed by atoms with van der Waals surface area (Å²) in [4.78, 5) is 4.12. The minimum atomic E-state index is -0.645. The Morgan fingerprint density at radius 1 is 1.54 bits per heavy atom. The Kier molecular flexibility index (Phi) is 1.88. The Labute approximate surface area is 78.6 Å². The van der Waals surface area contributed by atoms with Gasteiger partial charge in [0.05, 0.1) is 5.60 Å². The van der Waals surface area contributed by atoms with Gasteiger partial charge in [0.15, 0.2) is 0 Å². The van der Waals surface area contributed by atoms with E-state index >= 15 is 0 Å². The van der Waals surface area contributed by atoms with Gasteiger partial charge in [0.25, 0.3) is 0 Å². The summed E-state index contributed by atoms with van der Waals surface area (Å²) in [5.74, 6) is 0.453. The first kappa shape index (κ1) is 8.70. The minimum Gasteiger partial charge on any atom is -0.385 e. The number of hydrogen-bond donors (Lipinski definition) is 1. The highest BCUT2D eigenvalue weighted by molar-refractivity contribution is 5.24. The molecule has 1 aliphatic carbocycles. The lowest BCUT2D eigenvalue weighted by Gasteiger charge is -2.23. The predicted octanol–water partition coefficient (Wildman–Crippen LogP) is 2.01. The third-order valence-electron chi connectivity index (χ3n) is 2.85. The Hall–Kier alpha value is -0.890. The van der Waals surface area contributed by atoms with Crippen molar-refractivity contribution in [3.05, 3.63) is 29.6 Å². The third-order valence-corrected chi connectivity index (χ3v) is 2.85. The van der Waals surface area contributed by atoms with E-state index in [-0.39, 0.29) is 0 Å². The van der Waals surface area contributed by atoms with Crippen LogP contribution in [0.5, 0.6) is 0 Å². The Morgan fingerprint density at radius 2 is 2.23 bits per heavy atom. The lowest BCUT2D eigenvalue weighted by atomic mass is 9.91. The van der Waals surface area contributed by atoms with Crippen LogP contribution in [0.25, 0.3) is 0 Å². The van der Waals surface area contributed by atoms with Crippen LogP contribution >= 0.6 is 0 Å². The number of rotatable bonds is 2. The Balaban J connectivity index is 2.33. The molecule has 70 valence electrons. The van der Waals surface area contributed by atoms with Crippen LogP contribution in [-0.2, 0) is 5.60 Å². The fourth-order valence-electron chi connectivity index (χ4n) is 1.74. The van der Waals surface area contributed by atoms with E-state index in [0.29, 0.717) is 5.92 Å². The molecule has 1 aliphatic rings. The van der Waals surface area contributed by atoms with Crippen LogP contribution in [-0.4, -0.2) is 10.1 Å². The van der Waals surface area contributed by atoms with Gasteiger partial charge in [0.2, 0.25) is 0 Å². The zero-order valence-corrected chi connectivity index (χ0v) is 8.12. The molecule has 1 heterocycles. The summed E-state index contributed by atoms with van der Waals surface area (Å²) in [6.07, 6.45) is 4.06. The molecule has 0 saturated heterocycles. The third kappa shape index (κ3) is 1.59. The van der Waals surface area contributed by atoms with Gasteiger partial charge in [-0.05, 0) is 50.3 Å². The summed E-state index contributed by atoms with van der Waals surface area (Å²) in [5.41, 5.74) is 1.33. The van der Waals surface area contributed by atoms with Crippen molar-refractivity contribution in [2.24, 2.45) is 5.92 Å². The summed E-state index contributed by atoms with van der Waals surface area (Å²) in [6, 6.07) is 3.88. The van der Waals surface area contributed by atoms with Crippen molar-refractivity contribution in [2.45, 2.75) is 32.3 Å². The van der Waals surface area contributed by atoms with Crippen molar-refractivity contribution in [2.75, 3.05) is 0 Å². The number of aryl methyl sites for hydroxylation is 1. The maximum absolute atomic E-state index is 10.2. The molecule has 0 radical (unpaired) electrons. The molecule has 1 atom stereocenters. The van der Waals surface area contributed by atoms with E-state index in [9.17, 15) is 5.11 Å². The standard InChI is InChI=1S/C11H15NO/c1-8-7-10(5-6-12-8)11(2,13)9-3-4-9/h5-7,9,13H,3-4H2,1-2H3/t11-/m1/s1. The first-order chi connectivity index (χ1) is 6.10. The molecule has 2 rings (SSSR count). The SMILES string of the molecule is Cc1cc([C@](C)(O)C2CC2)ccn1. The fraction of sp³-hybridized carbons (Fsp3) is 0.545. The summed E-state index contributed by atoms with van der Waals surface area (Å²) in [6.45, 7) is 3.85. The highest BCUT2D eigenvalue weighted by Gasteiger charge is 2.41. The van der Waals surface area contributed by atoms with E-state index in [1.807, 2.05) is 26.0 Å². The smallest absolute Gasteiger partial charge is 0.0897 e. The molecular formula is C11H15NO. The highest BCUT2D eigenvalue weighted by Crippen LogP contribution is 2.45. The van der Waals surface area contributed by atoms with Crippen molar-refractivity contribution in [1.29, 1.82) is 0 Å². The van der Waals surface area contributed by atoms with Gasteiger partial charge in [0, 0.05) is 11.9 Å². The second-order valence-corrected chi connectivity index (χ2v) is 4.11. The summed E-state index contributed by atoms with van der Waals surface area (Å²) in [5, 5.41) is 10.2. The van der Waals surface area contributed by atoms with Crippen LogP contribution in [0.15, 0.2) is 18.3 Å². The number of pyridine rings is 1. The first-order valence-electron chi connectivity index (χ1n) is 4.76. The molecule has 2 nitrogen and oxygen atoms in total. The lowest BCUT2D eigenvalue weighted by Crippen LogP contribution is -2.23. The molecule has 1 saturated carbocycles. The molecule has 1 fully saturated rings. The monoisotopic (exact) mass is 177 g/mol. The second-order valence-electron chi connectivity index (χ2n) is 4.11. The van der Waals surface area contributed by atoms with Crippen molar-refractivity contribution < 1.29 is 5.11 Å². The number of nitrogens with zero attached hydrogens (tertiary/aromatic N) is 1. The zero-order valence-electron chi connectivity index (χ0n) is 8.12. The van der Waals surface area contributed by atoms with Gasteiger partial charge in [-0.25, -0.2) is 0 Å². The molecule has 2 heteroatoms. The van der Waals surface area contributed by atoms with E-state index in [2.05, 4.69) is 4.98 Å². The van der Waals surface area contributed by atoms with Gasteiger partial charge < -0.3 is 5.11 Å². The Morgan fingerprint density at radius 3 is 2.77 bits per heavy atom. The first-order valence-corrected chi connectivity index (χ1v) is 4.76. The largest absolute Gasteiger partial charge is 0.385 e. The summed E-state index contributed by atoms with van der Waals surface area (Å²) in [7, 11) is 0. The number of aliphatic hydroxyl groups is 1. The normalized spacial score (nSPS) is 21.2. The fourth-order valence-corrected chi connectivity index (χ4v) is 1.74. The predicted molar refractivity (Wildman–Crippen MR) is 51.3 cm³/mol. The van der Waals surface area contributed by atoms with Crippen LogP contribution in [0, 0.1) is 12.8 Å². The molecule has 1 aromatic rings. The minimum absolute atomic E-state index is 0.453. The summed E-state index contributed by atoms with van der Waals surface area (Å²) >= 11 is 0.